The Kier molecular flexibility index (Phi) is 4.81. The Balaban J connectivity index is 1.55. The van der Waals surface area contributed by atoms with Gasteiger partial charge in [0.05, 0.1) is 12.5 Å². The summed E-state index contributed by atoms with van der Waals surface area (Å²) in [5.41, 5.74) is 5.11. The quantitative estimate of drug-likeness (QED) is 0.728. The molecule has 1 fully saturated rings. The number of phenols is 1. The van der Waals surface area contributed by atoms with Gasteiger partial charge >= 0.3 is 0 Å². The van der Waals surface area contributed by atoms with Gasteiger partial charge in [0.15, 0.2) is 0 Å². The minimum Gasteiger partial charge on any atom is -0.508 e. The van der Waals surface area contributed by atoms with E-state index < -0.39 is 0 Å². The second kappa shape index (κ2) is 7.42. The van der Waals surface area contributed by atoms with E-state index in [0.29, 0.717) is 12.2 Å². The molecule has 0 aliphatic carbocycles. The zero-order valence-electron chi connectivity index (χ0n) is 16.0. The van der Waals surface area contributed by atoms with Crippen molar-refractivity contribution in [3.63, 3.8) is 0 Å². The van der Waals surface area contributed by atoms with Crippen molar-refractivity contribution in [1.29, 1.82) is 0 Å². The summed E-state index contributed by atoms with van der Waals surface area (Å²) >= 11 is 0. The standard InChI is InChI=1S/C21H23N5O2/c1-13-10-16(21-22-24-25-23-21)11-14(2)18(13)12-20(28)26-9-3-4-19(26)15-5-7-17(27)8-6-15/h5-8,10-11,19,27H,3-4,9,12H2,1-2H3,(H,22,23,24,25). The van der Waals surface area contributed by atoms with E-state index in [1.165, 1.54) is 0 Å². The van der Waals surface area contributed by atoms with Crippen LogP contribution < -0.4 is 0 Å². The van der Waals surface area contributed by atoms with Gasteiger partial charge in [0.2, 0.25) is 11.7 Å². The Morgan fingerprint density at radius 2 is 1.93 bits per heavy atom. The molecule has 1 atom stereocenters. The number of benzene rings is 2. The Morgan fingerprint density at radius 3 is 2.57 bits per heavy atom. The fourth-order valence-corrected chi connectivity index (χ4v) is 4.05. The van der Waals surface area contributed by atoms with Crippen molar-refractivity contribution in [1.82, 2.24) is 25.5 Å². The zero-order valence-corrected chi connectivity index (χ0v) is 16.0. The summed E-state index contributed by atoms with van der Waals surface area (Å²) in [5, 5.41) is 23.7. The van der Waals surface area contributed by atoms with Crippen LogP contribution in [0.3, 0.4) is 0 Å². The number of aryl methyl sites for hydroxylation is 2. The number of hydrogen-bond donors (Lipinski definition) is 2. The summed E-state index contributed by atoms with van der Waals surface area (Å²) in [7, 11) is 0. The highest BCUT2D eigenvalue weighted by atomic mass is 16.3. The summed E-state index contributed by atoms with van der Waals surface area (Å²) in [6.45, 7) is 4.80. The molecule has 144 valence electrons. The normalized spacial score (nSPS) is 16.5. The molecule has 7 nitrogen and oxygen atoms in total. The molecular formula is C21H23N5O2. The second-order valence-corrected chi connectivity index (χ2v) is 7.34. The first-order valence-corrected chi connectivity index (χ1v) is 9.45. The van der Waals surface area contributed by atoms with Gasteiger partial charge in [0, 0.05) is 12.1 Å². The van der Waals surface area contributed by atoms with E-state index in [2.05, 4.69) is 20.6 Å². The molecule has 0 spiro atoms. The van der Waals surface area contributed by atoms with E-state index in [1.807, 2.05) is 43.0 Å². The van der Waals surface area contributed by atoms with E-state index in [9.17, 15) is 9.90 Å². The summed E-state index contributed by atoms with van der Waals surface area (Å²) < 4.78 is 0. The Hall–Kier alpha value is -3.22. The van der Waals surface area contributed by atoms with Crippen LogP contribution in [0, 0.1) is 13.8 Å². The molecular weight excluding hydrogens is 354 g/mol. The monoisotopic (exact) mass is 377 g/mol. The molecule has 2 N–H and O–H groups in total. The predicted octanol–water partition coefficient (Wildman–Crippen LogP) is 3.10. The van der Waals surface area contributed by atoms with Crippen molar-refractivity contribution in [3.8, 4) is 17.1 Å². The average Bonchev–Trinajstić information content (AvgIpc) is 3.36. The lowest BCUT2D eigenvalue weighted by Crippen LogP contribution is -2.32. The first-order valence-electron chi connectivity index (χ1n) is 9.45. The molecule has 1 aliphatic heterocycles. The Labute approximate surface area is 163 Å². The van der Waals surface area contributed by atoms with Gasteiger partial charge in [0.1, 0.15) is 5.75 Å². The van der Waals surface area contributed by atoms with Gasteiger partial charge in [-0.15, -0.1) is 10.2 Å². The maximum atomic E-state index is 13.1. The third kappa shape index (κ3) is 3.47. The van der Waals surface area contributed by atoms with Crippen LogP contribution in [0.1, 0.15) is 41.1 Å². The molecule has 4 rings (SSSR count). The molecule has 1 amide bonds. The number of H-pyrrole nitrogens is 1. The van der Waals surface area contributed by atoms with Crippen LogP contribution >= 0.6 is 0 Å². The first kappa shape index (κ1) is 18.2. The number of aromatic hydroxyl groups is 1. The molecule has 2 heterocycles. The van der Waals surface area contributed by atoms with Gasteiger partial charge in [-0.3, -0.25) is 4.79 Å². The number of phenolic OH excluding ortho intramolecular Hbond substituents is 1. The van der Waals surface area contributed by atoms with Crippen molar-refractivity contribution in [2.45, 2.75) is 39.2 Å². The molecule has 1 aliphatic rings. The van der Waals surface area contributed by atoms with Gasteiger partial charge in [-0.25, -0.2) is 0 Å². The molecule has 1 unspecified atom stereocenters. The maximum absolute atomic E-state index is 13.1. The molecule has 7 heteroatoms. The van der Waals surface area contributed by atoms with Crippen LogP contribution in [-0.2, 0) is 11.2 Å². The van der Waals surface area contributed by atoms with E-state index >= 15 is 0 Å². The smallest absolute Gasteiger partial charge is 0.227 e. The number of carbonyl (C=O) groups excluding carboxylic acids is 1. The summed E-state index contributed by atoms with van der Waals surface area (Å²) in [6, 6.07) is 11.3. The largest absolute Gasteiger partial charge is 0.508 e. The summed E-state index contributed by atoms with van der Waals surface area (Å²) in [4.78, 5) is 15.1. The minimum atomic E-state index is 0.0762. The van der Waals surface area contributed by atoms with Crippen molar-refractivity contribution >= 4 is 5.91 Å². The topological polar surface area (TPSA) is 95.0 Å². The van der Waals surface area contributed by atoms with Gasteiger partial charge < -0.3 is 10.0 Å². The number of likely N-dealkylation sites (tertiary alicyclic amines) is 1. The number of nitrogens with one attached hydrogen (secondary N) is 1. The highest BCUT2D eigenvalue weighted by Crippen LogP contribution is 2.33. The van der Waals surface area contributed by atoms with Crippen LogP contribution in [0.15, 0.2) is 36.4 Å². The maximum Gasteiger partial charge on any atom is 0.227 e. The van der Waals surface area contributed by atoms with Gasteiger partial charge in [-0.2, -0.15) is 5.21 Å². The number of tetrazole rings is 1. The molecule has 0 saturated carbocycles. The number of aromatic amines is 1. The predicted molar refractivity (Wildman–Crippen MR) is 105 cm³/mol. The van der Waals surface area contributed by atoms with Crippen LogP contribution in [0.5, 0.6) is 5.75 Å². The lowest BCUT2D eigenvalue weighted by atomic mass is 9.95. The van der Waals surface area contributed by atoms with Crippen LogP contribution in [0.2, 0.25) is 0 Å². The van der Waals surface area contributed by atoms with Crippen LogP contribution in [-0.4, -0.2) is 43.1 Å². The second-order valence-electron chi connectivity index (χ2n) is 7.34. The molecule has 28 heavy (non-hydrogen) atoms. The van der Waals surface area contributed by atoms with Gasteiger partial charge in [0.25, 0.3) is 0 Å². The van der Waals surface area contributed by atoms with Gasteiger partial charge in [-0.1, -0.05) is 12.1 Å². The molecule has 0 radical (unpaired) electrons. The number of carbonyl (C=O) groups is 1. The number of aromatic nitrogens is 4. The van der Waals surface area contributed by atoms with Crippen molar-refractivity contribution in [2.75, 3.05) is 6.54 Å². The highest BCUT2D eigenvalue weighted by molar-refractivity contribution is 5.81. The molecule has 2 aromatic carbocycles. The highest BCUT2D eigenvalue weighted by Gasteiger charge is 2.30. The van der Waals surface area contributed by atoms with Crippen LogP contribution in [0.4, 0.5) is 0 Å². The molecule has 1 aromatic heterocycles. The number of hydrogen-bond acceptors (Lipinski definition) is 5. The van der Waals surface area contributed by atoms with Crippen molar-refractivity contribution < 1.29 is 9.90 Å². The van der Waals surface area contributed by atoms with Crippen molar-refractivity contribution in [3.05, 3.63) is 58.7 Å². The molecule has 0 bridgehead atoms. The SMILES string of the molecule is Cc1cc(-c2nn[nH]n2)cc(C)c1CC(=O)N1CCCC1c1ccc(O)cc1. The third-order valence-corrected chi connectivity index (χ3v) is 5.48. The van der Waals surface area contributed by atoms with E-state index in [4.69, 9.17) is 0 Å². The number of nitrogens with zero attached hydrogens (tertiary/aromatic N) is 4. The molecule has 1 saturated heterocycles. The fraction of sp³-hybridized carbons (Fsp3) is 0.333. The first-order chi connectivity index (χ1) is 13.5. The number of amides is 1. The lowest BCUT2D eigenvalue weighted by Gasteiger charge is -2.26. The lowest BCUT2D eigenvalue weighted by molar-refractivity contribution is -0.131. The van der Waals surface area contributed by atoms with Gasteiger partial charge in [-0.05, 0) is 78.4 Å². The van der Waals surface area contributed by atoms with Crippen LogP contribution in [0.25, 0.3) is 11.4 Å². The van der Waals surface area contributed by atoms with Crippen molar-refractivity contribution in [2.24, 2.45) is 0 Å². The summed E-state index contributed by atoms with van der Waals surface area (Å²) in [6.07, 6.45) is 2.32. The minimum absolute atomic E-state index is 0.0762. The van der Waals surface area contributed by atoms with E-state index in [1.54, 1.807) is 12.1 Å². The zero-order chi connectivity index (χ0) is 19.7. The Morgan fingerprint density at radius 1 is 1.21 bits per heavy atom. The summed E-state index contributed by atoms with van der Waals surface area (Å²) in [5.74, 6) is 0.928. The average molecular weight is 377 g/mol. The Bertz CT molecular complexity index is 960. The third-order valence-electron chi connectivity index (χ3n) is 5.48. The van der Waals surface area contributed by atoms with E-state index in [-0.39, 0.29) is 17.7 Å². The molecule has 3 aromatic rings. The fourth-order valence-electron chi connectivity index (χ4n) is 4.05. The number of rotatable bonds is 4. The van der Waals surface area contributed by atoms with E-state index in [0.717, 1.165) is 47.2 Å².